The van der Waals surface area contributed by atoms with Gasteiger partial charge in [-0.2, -0.15) is 0 Å². The summed E-state index contributed by atoms with van der Waals surface area (Å²) in [5.74, 6) is -0.00620. The van der Waals surface area contributed by atoms with Crippen LogP contribution in [0.4, 0.5) is 5.69 Å². The highest BCUT2D eigenvalue weighted by atomic mass is 16.2. The van der Waals surface area contributed by atoms with Gasteiger partial charge in [0.25, 0.3) is 5.91 Å². The van der Waals surface area contributed by atoms with Crippen LogP contribution in [-0.4, -0.2) is 11.7 Å². The number of allylic oxidation sites excluding steroid dienone is 1. The average Bonchev–Trinajstić information content (AvgIpc) is 2.81. The van der Waals surface area contributed by atoms with Gasteiger partial charge in [-0.25, -0.2) is 0 Å². The molecule has 0 atom stereocenters. The van der Waals surface area contributed by atoms with Crippen molar-refractivity contribution in [2.75, 3.05) is 5.32 Å². The summed E-state index contributed by atoms with van der Waals surface area (Å²) < 4.78 is 0. The van der Waals surface area contributed by atoms with Crippen LogP contribution in [0.5, 0.6) is 0 Å². The van der Waals surface area contributed by atoms with Crippen molar-refractivity contribution >= 4 is 23.0 Å². The summed E-state index contributed by atoms with van der Waals surface area (Å²) in [7, 11) is 0. The number of amides is 1. The first-order valence-electron chi connectivity index (χ1n) is 5.44. The first-order chi connectivity index (χ1) is 7.77. The average molecular weight is 213 g/mol. The van der Waals surface area contributed by atoms with Gasteiger partial charge >= 0.3 is 0 Å². The smallest absolute Gasteiger partial charge is 0.256 e. The van der Waals surface area contributed by atoms with Crippen LogP contribution in [0, 0.1) is 0 Å². The van der Waals surface area contributed by atoms with Gasteiger partial charge in [-0.05, 0) is 18.9 Å². The van der Waals surface area contributed by atoms with Gasteiger partial charge in [0.15, 0.2) is 5.78 Å². The highest BCUT2D eigenvalue weighted by molar-refractivity contribution is 6.35. The molecule has 0 saturated heterocycles. The van der Waals surface area contributed by atoms with E-state index in [0.717, 1.165) is 24.1 Å². The van der Waals surface area contributed by atoms with Crippen molar-refractivity contribution in [3.05, 3.63) is 35.4 Å². The summed E-state index contributed by atoms with van der Waals surface area (Å²) in [5, 5.41) is 2.80. The molecule has 0 bridgehead atoms. The lowest BCUT2D eigenvalue weighted by molar-refractivity contribution is -0.115. The number of ketones is 1. The van der Waals surface area contributed by atoms with Crippen LogP contribution >= 0.6 is 0 Å². The van der Waals surface area contributed by atoms with Gasteiger partial charge in [-0.15, -0.1) is 0 Å². The molecular formula is C13H11NO2. The van der Waals surface area contributed by atoms with E-state index in [9.17, 15) is 9.59 Å². The molecule has 1 fully saturated rings. The largest absolute Gasteiger partial charge is 0.321 e. The zero-order valence-corrected chi connectivity index (χ0v) is 8.75. The molecule has 0 spiro atoms. The third-order valence-electron chi connectivity index (χ3n) is 3.14. The SMILES string of the molecule is O=C1CCCC1=C1C(=O)Nc2ccccc21. The maximum Gasteiger partial charge on any atom is 0.256 e. The Balaban J connectivity index is 2.22. The molecule has 3 heteroatoms. The van der Waals surface area contributed by atoms with Crippen molar-refractivity contribution in [2.24, 2.45) is 0 Å². The fourth-order valence-electron chi connectivity index (χ4n) is 2.40. The van der Waals surface area contributed by atoms with E-state index in [0.29, 0.717) is 17.6 Å². The molecule has 1 aliphatic carbocycles. The monoisotopic (exact) mass is 213 g/mol. The van der Waals surface area contributed by atoms with Gasteiger partial charge in [0, 0.05) is 23.2 Å². The number of rotatable bonds is 0. The van der Waals surface area contributed by atoms with Crippen molar-refractivity contribution in [3.63, 3.8) is 0 Å². The predicted octanol–water partition coefficient (Wildman–Crippen LogP) is 2.15. The van der Waals surface area contributed by atoms with Crippen molar-refractivity contribution < 1.29 is 9.59 Å². The number of para-hydroxylation sites is 1. The van der Waals surface area contributed by atoms with Crippen LogP contribution in [0.15, 0.2) is 29.8 Å². The molecule has 1 aromatic carbocycles. The standard InChI is InChI=1S/C13H11NO2/c15-11-7-3-5-9(11)12-8-4-1-2-6-10(8)14-13(12)16/h1-2,4,6H,3,5,7H2,(H,14,16). The molecule has 0 unspecified atom stereocenters. The zero-order valence-electron chi connectivity index (χ0n) is 8.75. The molecule has 1 N–H and O–H groups in total. The number of Topliss-reactive ketones (excluding diaryl/α,β-unsaturated/α-hetero) is 1. The summed E-state index contributed by atoms with van der Waals surface area (Å²) in [6.45, 7) is 0. The van der Waals surface area contributed by atoms with E-state index in [2.05, 4.69) is 5.32 Å². The number of anilines is 1. The minimum Gasteiger partial charge on any atom is -0.321 e. The molecule has 16 heavy (non-hydrogen) atoms. The Morgan fingerprint density at radius 1 is 1.06 bits per heavy atom. The van der Waals surface area contributed by atoms with Crippen LogP contribution < -0.4 is 5.32 Å². The summed E-state index contributed by atoms with van der Waals surface area (Å²) in [4.78, 5) is 23.5. The number of hydrogen-bond acceptors (Lipinski definition) is 2. The predicted molar refractivity (Wildman–Crippen MR) is 60.8 cm³/mol. The summed E-state index contributed by atoms with van der Waals surface area (Å²) in [6, 6.07) is 7.52. The molecular weight excluding hydrogens is 202 g/mol. The molecule has 1 saturated carbocycles. The lowest BCUT2D eigenvalue weighted by atomic mass is 9.99. The number of hydrogen-bond donors (Lipinski definition) is 1. The normalized spacial score (nSPS) is 23.5. The van der Waals surface area contributed by atoms with Crippen molar-refractivity contribution in [2.45, 2.75) is 19.3 Å². The molecule has 2 aliphatic rings. The van der Waals surface area contributed by atoms with Gasteiger partial charge in [-0.1, -0.05) is 18.2 Å². The van der Waals surface area contributed by atoms with Gasteiger partial charge in [0.2, 0.25) is 0 Å². The van der Waals surface area contributed by atoms with Crippen molar-refractivity contribution in [1.29, 1.82) is 0 Å². The highest BCUT2D eigenvalue weighted by Gasteiger charge is 2.31. The second kappa shape index (κ2) is 3.30. The summed E-state index contributed by atoms with van der Waals surface area (Å²) in [6.07, 6.45) is 2.18. The number of carbonyl (C=O) groups is 2. The fourth-order valence-corrected chi connectivity index (χ4v) is 2.40. The fraction of sp³-hybridized carbons (Fsp3) is 0.231. The second-order valence-corrected chi connectivity index (χ2v) is 4.13. The molecule has 3 rings (SSSR count). The Labute approximate surface area is 93.2 Å². The number of fused-ring (bicyclic) bond motifs is 1. The lowest BCUT2D eigenvalue weighted by Gasteiger charge is -2.01. The maximum absolute atomic E-state index is 11.8. The molecule has 3 nitrogen and oxygen atoms in total. The van der Waals surface area contributed by atoms with E-state index in [1.54, 1.807) is 0 Å². The molecule has 1 amide bonds. The number of nitrogens with one attached hydrogen (secondary N) is 1. The third kappa shape index (κ3) is 1.21. The third-order valence-corrected chi connectivity index (χ3v) is 3.14. The topological polar surface area (TPSA) is 46.2 Å². The number of carbonyl (C=O) groups excluding carboxylic acids is 2. The first-order valence-corrected chi connectivity index (χ1v) is 5.44. The Morgan fingerprint density at radius 3 is 2.62 bits per heavy atom. The van der Waals surface area contributed by atoms with E-state index in [1.807, 2.05) is 24.3 Å². The molecule has 1 heterocycles. The quantitative estimate of drug-likeness (QED) is 0.671. The molecule has 0 radical (unpaired) electrons. The van der Waals surface area contributed by atoms with E-state index in [4.69, 9.17) is 0 Å². The Morgan fingerprint density at radius 2 is 1.88 bits per heavy atom. The van der Waals surface area contributed by atoms with Gasteiger partial charge in [-0.3, -0.25) is 9.59 Å². The van der Waals surface area contributed by atoms with Crippen LogP contribution in [0.3, 0.4) is 0 Å². The van der Waals surface area contributed by atoms with Crippen LogP contribution in [0.25, 0.3) is 5.57 Å². The zero-order chi connectivity index (χ0) is 11.1. The molecule has 1 aliphatic heterocycles. The van der Waals surface area contributed by atoms with E-state index in [-0.39, 0.29) is 11.7 Å². The van der Waals surface area contributed by atoms with Gasteiger partial charge in [0.1, 0.15) is 0 Å². The summed E-state index contributed by atoms with van der Waals surface area (Å²) >= 11 is 0. The first kappa shape index (κ1) is 9.33. The lowest BCUT2D eigenvalue weighted by Crippen LogP contribution is -2.07. The molecule has 80 valence electrons. The molecule has 1 aromatic rings. The second-order valence-electron chi connectivity index (χ2n) is 4.13. The van der Waals surface area contributed by atoms with Crippen LogP contribution in [-0.2, 0) is 9.59 Å². The van der Waals surface area contributed by atoms with E-state index < -0.39 is 0 Å². The maximum atomic E-state index is 11.8. The minimum atomic E-state index is -0.133. The van der Waals surface area contributed by atoms with Crippen molar-refractivity contribution in [1.82, 2.24) is 0 Å². The molecule has 0 aromatic heterocycles. The minimum absolute atomic E-state index is 0.127. The van der Waals surface area contributed by atoms with Gasteiger partial charge in [0.05, 0.1) is 5.57 Å². The Bertz CT molecular complexity index is 528. The van der Waals surface area contributed by atoms with Gasteiger partial charge < -0.3 is 5.32 Å². The van der Waals surface area contributed by atoms with E-state index >= 15 is 0 Å². The number of benzene rings is 1. The van der Waals surface area contributed by atoms with E-state index in [1.165, 1.54) is 0 Å². The van der Waals surface area contributed by atoms with Crippen molar-refractivity contribution in [3.8, 4) is 0 Å². The van der Waals surface area contributed by atoms with Crippen LogP contribution in [0.2, 0.25) is 0 Å². The van der Waals surface area contributed by atoms with Crippen LogP contribution in [0.1, 0.15) is 24.8 Å². The Hall–Kier alpha value is -1.90. The highest BCUT2D eigenvalue weighted by Crippen LogP contribution is 2.37. The Kier molecular flexibility index (Phi) is 1.93. The summed E-state index contributed by atoms with van der Waals surface area (Å²) in [5.41, 5.74) is 2.99.